The Morgan fingerprint density at radius 3 is 2.72 bits per heavy atom. The molecule has 0 saturated carbocycles. The van der Waals surface area contributed by atoms with E-state index in [9.17, 15) is 0 Å². The summed E-state index contributed by atoms with van der Waals surface area (Å²) in [5, 5.41) is 9.65. The summed E-state index contributed by atoms with van der Waals surface area (Å²) < 4.78 is 5.59. The van der Waals surface area contributed by atoms with Gasteiger partial charge in [-0.25, -0.2) is 0 Å². The smallest absolute Gasteiger partial charge is 0.137 e. The van der Waals surface area contributed by atoms with Gasteiger partial charge in [0.15, 0.2) is 0 Å². The number of nitriles is 1. The monoisotopic (exact) mass is 310 g/mol. The Morgan fingerprint density at radius 1 is 1.39 bits per heavy atom. The van der Waals surface area contributed by atoms with Crippen LogP contribution in [0.1, 0.15) is 38.8 Å². The van der Waals surface area contributed by atoms with Gasteiger partial charge in [0.2, 0.25) is 0 Å². The molecule has 1 aromatic rings. The van der Waals surface area contributed by atoms with Crippen molar-refractivity contribution in [3.63, 3.8) is 0 Å². The highest BCUT2D eigenvalue weighted by atomic mass is 79.9. The van der Waals surface area contributed by atoms with Crippen LogP contribution in [0.15, 0.2) is 18.3 Å². The molecule has 0 aliphatic heterocycles. The van der Waals surface area contributed by atoms with Gasteiger partial charge in [0, 0.05) is 5.33 Å². The molecule has 0 fully saturated rings. The van der Waals surface area contributed by atoms with Crippen LogP contribution in [0.5, 0.6) is 5.75 Å². The fraction of sp³-hybridized carbons (Fsp3) is 0.571. The molecule has 18 heavy (non-hydrogen) atoms. The van der Waals surface area contributed by atoms with Crippen molar-refractivity contribution in [1.82, 2.24) is 4.98 Å². The normalized spacial score (nSPS) is 11.0. The number of halogens is 1. The van der Waals surface area contributed by atoms with E-state index >= 15 is 0 Å². The third-order valence-corrected chi connectivity index (χ3v) is 3.28. The number of rotatable bonds is 7. The van der Waals surface area contributed by atoms with E-state index in [1.165, 1.54) is 0 Å². The van der Waals surface area contributed by atoms with E-state index in [0.717, 1.165) is 36.0 Å². The highest BCUT2D eigenvalue weighted by Gasteiger charge is 2.15. The molecule has 4 heteroatoms. The van der Waals surface area contributed by atoms with Crippen LogP contribution in [0.2, 0.25) is 0 Å². The summed E-state index contributed by atoms with van der Waals surface area (Å²) in [6, 6.07) is 6.19. The Hall–Kier alpha value is -1.08. The number of unbranched alkanes of at least 4 members (excludes halogenated alkanes) is 1. The first-order valence-electron chi connectivity index (χ1n) is 6.12. The van der Waals surface area contributed by atoms with E-state index < -0.39 is 0 Å². The molecule has 0 unspecified atom stereocenters. The van der Waals surface area contributed by atoms with Crippen molar-refractivity contribution in [2.24, 2.45) is 5.41 Å². The predicted octanol–water partition coefficient (Wildman–Crippen LogP) is 4.08. The summed E-state index contributed by atoms with van der Waals surface area (Å²) in [5.74, 6) is 0.805. The van der Waals surface area contributed by atoms with Crippen molar-refractivity contribution in [3.8, 4) is 11.8 Å². The second-order valence-electron chi connectivity index (χ2n) is 4.92. The summed E-state index contributed by atoms with van der Waals surface area (Å²) >= 11 is 3.35. The molecule has 0 aliphatic carbocycles. The van der Waals surface area contributed by atoms with Gasteiger partial charge in [-0.15, -0.1) is 0 Å². The van der Waals surface area contributed by atoms with E-state index in [0.29, 0.717) is 6.61 Å². The van der Waals surface area contributed by atoms with Crippen molar-refractivity contribution in [1.29, 1.82) is 5.26 Å². The van der Waals surface area contributed by atoms with Crippen molar-refractivity contribution in [3.05, 3.63) is 24.0 Å². The van der Waals surface area contributed by atoms with Gasteiger partial charge >= 0.3 is 0 Å². The average Bonchev–Trinajstić information content (AvgIpc) is 2.39. The highest BCUT2D eigenvalue weighted by Crippen LogP contribution is 2.21. The molecule has 98 valence electrons. The number of pyridine rings is 1. The first-order valence-corrected chi connectivity index (χ1v) is 7.24. The number of aromatic nitrogens is 1. The Morgan fingerprint density at radius 2 is 2.17 bits per heavy atom. The van der Waals surface area contributed by atoms with Gasteiger partial charge in [-0.05, 0) is 45.2 Å². The van der Waals surface area contributed by atoms with Gasteiger partial charge in [-0.1, -0.05) is 15.9 Å². The summed E-state index contributed by atoms with van der Waals surface area (Å²) in [7, 11) is 0. The molecule has 0 bridgehead atoms. The molecule has 0 N–H and O–H groups in total. The first-order chi connectivity index (χ1) is 8.57. The number of hydrogen-bond donors (Lipinski definition) is 0. The molecule has 0 radical (unpaired) electrons. The van der Waals surface area contributed by atoms with Gasteiger partial charge in [0.1, 0.15) is 5.75 Å². The minimum absolute atomic E-state index is 0.223. The van der Waals surface area contributed by atoms with E-state index in [-0.39, 0.29) is 5.41 Å². The third kappa shape index (κ3) is 5.50. The average molecular weight is 311 g/mol. The fourth-order valence-electron chi connectivity index (χ4n) is 1.49. The van der Waals surface area contributed by atoms with Crippen LogP contribution in [-0.2, 0) is 5.33 Å². The molecule has 1 heterocycles. The predicted molar refractivity (Wildman–Crippen MR) is 75.6 cm³/mol. The van der Waals surface area contributed by atoms with Crippen molar-refractivity contribution >= 4 is 15.9 Å². The lowest BCUT2D eigenvalue weighted by Crippen LogP contribution is -2.08. The van der Waals surface area contributed by atoms with Crippen molar-refractivity contribution < 1.29 is 4.74 Å². The minimum atomic E-state index is -0.223. The van der Waals surface area contributed by atoms with Crippen LogP contribution in [-0.4, -0.2) is 11.6 Å². The highest BCUT2D eigenvalue weighted by molar-refractivity contribution is 9.08. The van der Waals surface area contributed by atoms with Crippen LogP contribution in [0, 0.1) is 16.7 Å². The zero-order valence-electron chi connectivity index (χ0n) is 10.9. The molecule has 0 aromatic carbocycles. The second-order valence-corrected chi connectivity index (χ2v) is 5.48. The Balaban J connectivity index is 2.20. The molecule has 0 aliphatic rings. The topological polar surface area (TPSA) is 45.9 Å². The Bertz CT molecular complexity index is 395. The Labute approximate surface area is 117 Å². The maximum absolute atomic E-state index is 8.88. The quantitative estimate of drug-likeness (QED) is 0.563. The molecule has 0 atom stereocenters. The molecule has 0 saturated heterocycles. The molecule has 0 amide bonds. The van der Waals surface area contributed by atoms with Crippen molar-refractivity contribution in [2.75, 3.05) is 6.61 Å². The number of ether oxygens (including phenoxy) is 1. The SMILES string of the molecule is CC(C)(C#N)CCCCOc1ccc(CBr)nc1. The minimum Gasteiger partial charge on any atom is -0.492 e. The zero-order chi connectivity index (χ0) is 13.4. The van der Waals surface area contributed by atoms with Gasteiger partial charge in [-0.3, -0.25) is 4.98 Å². The molecular weight excluding hydrogens is 292 g/mol. The van der Waals surface area contributed by atoms with Crippen LogP contribution in [0.3, 0.4) is 0 Å². The van der Waals surface area contributed by atoms with E-state index in [2.05, 4.69) is 27.0 Å². The zero-order valence-corrected chi connectivity index (χ0v) is 12.5. The van der Waals surface area contributed by atoms with E-state index in [4.69, 9.17) is 10.00 Å². The molecule has 3 nitrogen and oxygen atoms in total. The lowest BCUT2D eigenvalue weighted by atomic mass is 9.89. The van der Waals surface area contributed by atoms with Crippen LogP contribution in [0.25, 0.3) is 0 Å². The second kappa shape index (κ2) is 7.38. The number of nitrogens with zero attached hydrogens (tertiary/aromatic N) is 2. The number of hydrogen-bond acceptors (Lipinski definition) is 3. The van der Waals surface area contributed by atoms with Gasteiger partial charge in [0.25, 0.3) is 0 Å². The van der Waals surface area contributed by atoms with E-state index in [1.54, 1.807) is 6.20 Å². The fourth-order valence-corrected chi connectivity index (χ4v) is 1.82. The summed E-state index contributed by atoms with van der Waals surface area (Å²) in [5.41, 5.74) is 0.775. The standard InChI is InChI=1S/C14H19BrN2O/c1-14(2,11-16)7-3-4-8-18-13-6-5-12(9-15)17-10-13/h5-6,10H,3-4,7-9H2,1-2H3. The van der Waals surface area contributed by atoms with Crippen LogP contribution < -0.4 is 4.74 Å². The number of alkyl halides is 1. The lowest BCUT2D eigenvalue weighted by molar-refractivity contribution is 0.294. The third-order valence-electron chi connectivity index (χ3n) is 2.70. The van der Waals surface area contributed by atoms with Crippen LogP contribution >= 0.6 is 15.9 Å². The molecule has 0 spiro atoms. The molecular formula is C14H19BrN2O. The lowest BCUT2D eigenvalue weighted by Gasteiger charge is -2.14. The maximum Gasteiger partial charge on any atom is 0.137 e. The van der Waals surface area contributed by atoms with Crippen LogP contribution in [0.4, 0.5) is 0 Å². The van der Waals surface area contributed by atoms with Gasteiger partial charge < -0.3 is 4.74 Å². The summed E-state index contributed by atoms with van der Waals surface area (Å²) in [6.45, 7) is 4.62. The largest absolute Gasteiger partial charge is 0.492 e. The first kappa shape index (κ1) is 15.0. The van der Waals surface area contributed by atoms with Crippen molar-refractivity contribution in [2.45, 2.75) is 38.4 Å². The molecule has 1 aromatic heterocycles. The van der Waals surface area contributed by atoms with Gasteiger partial charge in [0.05, 0.1) is 30.0 Å². The van der Waals surface area contributed by atoms with E-state index in [1.807, 2.05) is 26.0 Å². The summed E-state index contributed by atoms with van der Waals surface area (Å²) in [4.78, 5) is 4.23. The van der Waals surface area contributed by atoms with Gasteiger partial charge in [-0.2, -0.15) is 5.26 Å². The maximum atomic E-state index is 8.88. The Kier molecular flexibility index (Phi) is 6.14. The molecule has 1 rings (SSSR count). The summed E-state index contributed by atoms with van der Waals surface area (Å²) in [6.07, 6.45) is 4.63.